The topological polar surface area (TPSA) is 74.0 Å². The van der Waals surface area contributed by atoms with E-state index in [9.17, 15) is 4.79 Å². The molecular weight excluding hydrogens is 260 g/mol. The third kappa shape index (κ3) is 2.90. The van der Waals surface area contributed by atoms with Crippen molar-refractivity contribution in [3.8, 4) is 6.07 Å². The fraction of sp³-hybridized carbons (Fsp3) is 0.364. The summed E-state index contributed by atoms with van der Waals surface area (Å²) in [4.78, 5) is 15.0. The van der Waals surface area contributed by atoms with Gasteiger partial charge in [0, 0.05) is 0 Å². The number of hydrogen-bond donors (Lipinski definition) is 1. The van der Waals surface area contributed by atoms with Crippen molar-refractivity contribution in [1.29, 1.82) is 5.26 Å². The molecule has 1 N–H and O–H groups in total. The first-order valence-electron chi connectivity index (χ1n) is 4.84. The molecule has 1 atom stereocenters. The Hall–Kier alpha value is -1.25. The highest BCUT2D eigenvalue weighted by Gasteiger charge is 2.19. The van der Waals surface area contributed by atoms with Gasteiger partial charge in [-0.3, -0.25) is 4.79 Å². The second kappa shape index (κ2) is 5.39. The summed E-state index contributed by atoms with van der Waals surface area (Å²) in [6, 6.07) is 2.02. The second-order valence-corrected chi connectivity index (χ2v) is 5.23. The molecule has 0 fully saturated rings. The van der Waals surface area contributed by atoms with Crippen LogP contribution in [0.2, 0.25) is 5.02 Å². The quantitative estimate of drug-likeness (QED) is 0.855. The van der Waals surface area contributed by atoms with Crippen LogP contribution < -0.4 is 0 Å². The molecule has 1 unspecified atom stereocenters. The maximum Gasteiger partial charge on any atom is 0.316 e. The van der Waals surface area contributed by atoms with Gasteiger partial charge in [0.1, 0.15) is 16.3 Å². The molecule has 0 spiro atoms. The van der Waals surface area contributed by atoms with Gasteiger partial charge in [0.25, 0.3) is 0 Å². The highest BCUT2D eigenvalue weighted by molar-refractivity contribution is 8.00. The summed E-state index contributed by atoms with van der Waals surface area (Å²) in [5, 5.41) is 18.1. The first kappa shape index (κ1) is 13.8. The van der Waals surface area contributed by atoms with Crippen LogP contribution in [0.1, 0.15) is 23.7 Å². The maximum absolute atomic E-state index is 10.8. The summed E-state index contributed by atoms with van der Waals surface area (Å²) < 4.78 is 0. The average molecular weight is 271 g/mol. The largest absolute Gasteiger partial charge is 0.480 e. The van der Waals surface area contributed by atoms with E-state index in [-0.39, 0.29) is 0 Å². The number of aryl methyl sites for hydroxylation is 1. The van der Waals surface area contributed by atoms with E-state index in [0.29, 0.717) is 26.9 Å². The van der Waals surface area contributed by atoms with Crippen molar-refractivity contribution in [2.24, 2.45) is 0 Å². The zero-order chi connectivity index (χ0) is 13.2. The molecule has 4 nitrogen and oxygen atoms in total. The lowest BCUT2D eigenvalue weighted by atomic mass is 10.1. The molecule has 0 aliphatic heterocycles. The van der Waals surface area contributed by atoms with E-state index in [0.717, 1.165) is 11.8 Å². The third-order valence-corrected chi connectivity index (χ3v) is 3.88. The fourth-order valence-electron chi connectivity index (χ4n) is 1.23. The van der Waals surface area contributed by atoms with Crippen LogP contribution in [0.15, 0.2) is 5.03 Å². The van der Waals surface area contributed by atoms with Crippen molar-refractivity contribution in [3.05, 3.63) is 21.8 Å². The van der Waals surface area contributed by atoms with E-state index in [2.05, 4.69) is 4.98 Å². The number of rotatable bonds is 3. The van der Waals surface area contributed by atoms with Crippen LogP contribution in [0.5, 0.6) is 0 Å². The van der Waals surface area contributed by atoms with E-state index in [4.69, 9.17) is 22.0 Å². The molecule has 17 heavy (non-hydrogen) atoms. The zero-order valence-corrected chi connectivity index (χ0v) is 11.2. The van der Waals surface area contributed by atoms with Gasteiger partial charge in [0.15, 0.2) is 0 Å². The standard InChI is InChI=1S/C11H11ClN2O2S/c1-5-8(4-13)10(14-6(2)9(5)12)17-7(3)11(15)16/h7H,1-3H3,(H,15,16). The van der Waals surface area contributed by atoms with Crippen molar-refractivity contribution in [3.63, 3.8) is 0 Å². The molecule has 0 saturated carbocycles. The van der Waals surface area contributed by atoms with Crippen molar-refractivity contribution in [2.45, 2.75) is 31.0 Å². The number of thioether (sulfide) groups is 1. The monoisotopic (exact) mass is 270 g/mol. The highest BCUT2D eigenvalue weighted by Crippen LogP contribution is 2.31. The lowest BCUT2D eigenvalue weighted by molar-refractivity contribution is -0.136. The molecule has 0 bridgehead atoms. The first-order valence-corrected chi connectivity index (χ1v) is 6.10. The molecule has 6 heteroatoms. The van der Waals surface area contributed by atoms with Crippen LogP contribution in [0.4, 0.5) is 0 Å². The lowest BCUT2D eigenvalue weighted by Gasteiger charge is -2.11. The molecular formula is C11H11ClN2O2S. The number of hydrogen-bond acceptors (Lipinski definition) is 4. The number of nitrogens with zero attached hydrogens (tertiary/aromatic N) is 2. The van der Waals surface area contributed by atoms with Crippen LogP contribution in [-0.4, -0.2) is 21.3 Å². The Balaban J connectivity index is 3.25. The molecule has 1 heterocycles. The Bertz CT molecular complexity index is 511. The van der Waals surface area contributed by atoms with Crippen molar-refractivity contribution in [2.75, 3.05) is 0 Å². The summed E-state index contributed by atoms with van der Waals surface area (Å²) in [6.45, 7) is 5.01. The Morgan fingerprint density at radius 3 is 2.65 bits per heavy atom. The molecule has 1 aromatic heterocycles. The van der Waals surface area contributed by atoms with E-state index < -0.39 is 11.2 Å². The minimum absolute atomic E-state index is 0.346. The highest BCUT2D eigenvalue weighted by atomic mass is 35.5. The summed E-state index contributed by atoms with van der Waals surface area (Å²) in [7, 11) is 0. The van der Waals surface area contributed by atoms with Gasteiger partial charge in [-0.05, 0) is 26.3 Å². The van der Waals surface area contributed by atoms with Gasteiger partial charge >= 0.3 is 5.97 Å². The number of pyridine rings is 1. The van der Waals surface area contributed by atoms with Crippen LogP contribution >= 0.6 is 23.4 Å². The van der Waals surface area contributed by atoms with E-state index >= 15 is 0 Å². The summed E-state index contributed by atoms with van der Waals surface area (Å²) in [5.41, 5.74) is 1.59. The van der Waals surface area contributed by atoms with Crippen LogP contribution in [0.25, 0.3) is 0 Å². The van der Waals surface area contributed by atoms with E-state index in [1.807, 2.05) is 6.07 Å². The van der Waals surface area contributed by atoms with Gasteiger partial charge in [-0.2, -0.15) is 5.26 Å². The van der Waals surface area contributed by atoms with Crippen molar-refractivity contribution < 1.29 is 9.90 Å². The van der Waals surface area contributed by atoms with Crippen LogP contribution in [-0.2, 0) is 4.79 Å². The molecule has 0 amide bonds. The number of carbonyl (C=O) groups is 1. The Labute approximate surface area is 109 Å². The number of halogens is 1. The number of nitriles is 1. The zero-order valence-electron chi connectivity index (χ0n) is 9.61. The van der Waals surface area contributed by atoms with Crippen molar-refractivity contribution >= 4 is 29.3 Å². The lowest BCUT2D eigenvalue weighted by Crippen LogP contribution is -2.12. The minimum Gasteiger partial charge on any atom is -0.480 e. The number of aliphatic carboxylic acids is 1. The summed E-state index contributed by atoms with van der Waals surface area (Å²) in [6.07, 6.45) is 0. The molecule has 0 aliphatic rings. The summed E-state index contributed by atoms with van der Waals surface area (Å²) >= 11 is 7.04. The molecule has 1 rings (SSSR count). The van der Waals surface area contributed by atoms with Crippen molar-refractivity contribution in [1.82, 2.24) is 4.98 Å². The van der Waals surface area contributed by atoms with Gasteiger partial charge in [-0.25, -0.2) is 4.98 Å². The number of carboxylic acid groups (broad SMARTS) is 1. The number of carboxylic acids is 1. The summed E-state index contributed by atoms with van der Waals surface area (Å²) in [5.74, 6) is -0.939. The second-order valence-electron chi connectivity index (χ2n) is 3.53. The maximum atomic E-state index is 10.8. The predicted molar refractivity (Wildman–Crippen MR) is 66.4 cm³/mol. The van der Waals surface area contributed by atoms with Gasteiger partial charge in [-0.1, -0.05) is 23.4 Å². The molecule has 0 radical (unpaired) electrons. The van der Waals surface area contributed by atoms with Crippen LogP contribution in [0, 0.1) is 25.2 Å². The van der Waals surface area contributed by atoms with Gasteiger partial charge in [0.2, 0.25) is 0 Å². The first-order chi connectivity index (χ1) is 7.88. The Morgan fingerprint density at radius 1 is 1.59 bits per heavy atom. The van der Waals surface area contributed by atoms with Gasteiger partial charge in [0.05, 0.1) is 16.3 Å². The van der Waals surface area contributed by atoms with Gasteiger partial charge in [-0.15, -0.1) is 0 Å². The van der Waals surface area contributed by atoms with E-state index in [1.165, 1.54) is 0 Å². The Morgan fingerprint density at radius 2 is 2.18 bits per heavy atom. The third-order valence-electron chi connectivity index (χ3n) is 2.25. The smallest absolute Gasteiger partial charge is 0.316 e. The van der Waals surface area contributed by atoms with Crippen LogP contribution in [0.3, 0.4) is 0 Å². The fourth-order valence-corrected chi connectivity index (χ4v) is 2.31. The minimum atomic E-state index is -0.939. The Kier molecular flexibility index (Phi) is 4.38. The average Bonchev–Trinajstić information content (AvgIpc) is 2.26. The SMILES string of the molecule is Cc1nc(SC(C)C(=O)O)c(C#N)c(C)c1Cl. The molecule has 1 aromatic rings. The van der Waals surface area contributed by atoms with Gasteiger partial charge < -0.3 is 5.11 Å². The molecule has 0 aromatic carbocycles. The van der Waals surface area contributed by atoms with E-state index in [1.54, 1.807) is 20.8 Å². The molecule has 90 valence electrons. The molecule has 0 aliphatic carbocycles. The molecule has 0 saturated heterocycles. The number of aromatic nitrogens is 1. The predicted octanol–water partition coefficient (Wildman–Crippen LogP) is 2.79. The normalized spacial score (nSPS) is 11.9.